The summed E-state index contributed by atoms with van der Waals surface area (Å²) in [4.78, 5) is 24.7. The second kappa shape index (κ2) is 27.6. The van der Waals surface area contributed by atoms with Gasteiger partial charge in [0, 0.05) is 5.56 Å². The van der Waals surface area contributed by atoms with E-state index in [1.807, 2.05) is 0 Å². The van der Waals surface area contributed by atoms with E-state index in [-0.39, 0.29) is 74.0 Å². The topological polar surface area (TPSA) is 86.7 Å². The molecule has 0 bridgehead atoms. The second-order valence-electron chi connectivity index (χ2n) is 10.6. The number of benzene rings is 1. The average molecular weight is 605 g/mol. The summed E-state index contributed by atoms with van der Waals surface area (Å²) in [7, 11) is -2.68. The van der Waals surface area contributed by atoms with Gasteiger partial charge < -0.3 is 17.9 Å². The third kappa shape index (κ3) is 19.8. The molecule has 0 aliphatic heterocycles. The summed E-state index contributed by atoms with van der Waals surface area (Å²) in [5.74, 6) is -1.27. The second-order valence-corrected chi connectivity index (χ2v) is 11.5. The fourth-order valence-electron chi connectivity index (χ4n) is 4.63. The van der Waals surface area contributed by atoms with Crippen LogP contribution in [0.5, 0.6) is 0 Å². The van der Waals surface area contributed by atoms with Crippen LogP contribution < -0.4 is 51.4 Å². The van der Waals surface area contributed by atoms with Gasteiger partial charge in [-0.15, -0.1) is 0 Å². The Hall–Kier alpha value is -0.254. The first-order chi connectivity index (χ1) is 19.0. The van der Waals surface area contributed by atoms with E-state index in [0.717, 1.165) is 38.5 Å². The van der Waals surface area contributed by atoms with Crippen molar-refractivity contribution in [1.82, 2.24) is 0 Å². The van der Waals surface area contributed by atoms with Crippen molar-refractivity contribution in [3.05, 3.63) is 29.3 Å². The van der Waals surface area contributed by atoms with Crippen molar-refractivity contribution in [3.8, 4) is 0 Å². The first-order valence-electron chi connectivity index (χ1n) is 15.6. The molecule has 40 heavy (non-hydrogen) atoms. The molecular formula is C32H53KO6S. The molecule has 224 valence electrons. The maximum atomic E-state index is 12.5. The average Bonchev–Trinajstić information content (AvgIpc) is 2.94. The van der Waals surface area contributed by atoms with Crippen molar-refractivity contribution in [3.63, 3.8) is 0 Å². The van der Waals surface area contributed by atoms with E-state index in [0.29, 0.717) is 6.61 Å². The van der Waals surface area contributed by atoms with Crippen LogP contribution in [-0.2, 0) is 28.6 Å². The van der Waals surface area contributed by atoms with E-state index in [4.69, 9.17) is 9.47 Å². The van der Waals surface area contributed by atoms with E-state index >= 15 is 0 Å². The van der Waals surface area contributed by atoms with Crippen LogP contribution >= 0.6 is 0 Å². The van der Waals surface area contributed by atoms with Gasteiger partial charge in [0.2, 0.25) is 0 Å². The molecule has 6 nitrogen and oxygen atoms in total. The molecule has 0 unspecified atom stereocenters. The molecule has 0 aliphatic rings. The van der Waals surface area contributed by atoms with Gasteiger partial charge in [-0.3, -0.25) is 0 Å². The summed E-state index contributed by atoms with van der Waals surface area (Å²) in [5, 5.41) is 0. The zero-order valence-corrected chi connectivity index (χ0v) is 29.6. The molecule has 0 saturated heterocycles. The van der Waals surface area contributed by atoms with E-state index in [1.165, 1.54) is 108 Å². The Bertz CT molecular complexity index is 863. The van der Waals surface area contributed by atoms with Gasteiger partial charge in [0.05, 0.1) is 18.8 Å². The van der Waals surface area contributed by atoms with Crippen LogP contribution in [0.1, 0.15) is 163 Å². The summed E-state index contributed by atoms with van der Waals surface area (Å²) < 4.78 is 34.1. The zero-order valence-electron chi connectivity index (χ0n) is 25.6. The maximum Gasteiger partial charge on any atom is 1.00 e. The summed E-state index contributed by atoms with van der Waals surface area (Å²) in [6.07, 6.45) is 23.7. The van der Waals surface area contributed by atoms with E-state index < -0.39 is 22.6 Å². The van der Waals surface area contributed by atoms with Crippen molar-refractivity contribution in [2.45, 2.75) is 147 Å². The Balaban J connectivity index is 0.0000152. The number of hydrogen-bond acceptors (Lipinski definition) is 7. The minimum atomic E-state index is -2.68. The normalized spacial score (nSPS) is 10.9. The van der Waals surface area contributed by atoms with Crippen LogP contribution in [0.4, 0.5) is 0 Å². The number of unbranched alkanes of at least 4 members (excludes halogenated alkanes) is 18. The van der Waals surface area contributed by atoms with Gasteiger partial charge in [-0.1, -0.05) is 140 Å². The first kappa shape index (κ1) is 39.7. The number of carbonyl (C=O) groups excluding carboxylic acids is 2. The van der Waals surface area contributed by atoms with Crippen molar-refractivity contribution >= 4 is 22.6 Å². The number of rotatable bonds is 25. The molecule has 1 rings (SSSR count). The zero-order chi connectivity index (χ0) is 28.6. The molecule has 0 radical (unpaired) electrons. The Labute approximate surface area is 288 Å². The summed E-state index contributed by atoms with van der Waals surface area (Å²) in [6, 6.07) is 3.96. The fraction of sp³-hybridized carbons (Fsp3) is 0.750. The number of hydrogen-bond donors (Lipinski definition) is 0. The van der Waals surface area contributed by atoms with Crippen LogP contribution in [-0.4, -0.2) is 25.2 Å². The van der Waals surface area contributed by atoms with Crippen molar-refractivity contribution < 1.29 is 78.9 Å². The van der Waals surface area contributed by atoms with Gasteiger partial charge in [-0.05, 0) is 35.7 Å². The number of esters is 2. The number of ether oxygens (including phenoxy) is 2. The molecule has 0 amide bonds. The molecule has 0 fully saturated rings. The molecule has 1 aromatic carbocycles. The third-order valence-corrected chi connectivity index (χ3v) is 7.78. The molecular weight excluding hydrogens is 552 g/mol. The minimum Gasteiger partial charge on any atom is -0.462 e. The molecule has 0 N–H and O–H groups in total. The molecule has 0 aliphatic carbocycles. The summed E-state index contributed by atoms with van der Waals surface area (Å²) in [5.41, 5.74) is 0.0641. The largest absolute Gasteiger partial charge is 1.00 e. The quantitative estimate of drug-likeness (QED) is 0.0547. The molecule has 0 spiro atoms. The molecule has 1 aromatic rings. The predicted molar refractivity (Wildman–Crippen MR) is 158 cm³/mol. The van der Waals surface area contributed by atoms with Gasteiger partial charge in [-0.25, -0.2) is 9.59 Å². The SMILES string of the molecule is CCCCCCCCCCCCOC(=O)c1ccc(C(=O)OCCCCCCCCCCCC)c([S-](=O)=O)c1.[K+]. The summed E-state index contributed by atoms with van der Waals surface area (Å²) in [6.45, 7) is 5.00. The first-order valence-corrected chi connectivity index (χ1v) is 16.7. The van der Waals surface area contributed by atoms with Crippen LogP contribution in [0.3, 0.4) is 0 Å². The maximum absolute atomic E-state index is 12.5. The van der Waals surface area contributed by atoms with E-state index in [1.54, 1.807) is 0 Å². The van der Waals surface area contributed by atoms with Gasteiger partial charge in [0.1, 0.15) is 0 Å². The fourth-order valence-corrected chi connectivity index (χ4v) is 5.18. The van der Waals surface area contributed by atoms with Crippen LogP contribution in [0.15, 0.2) is 23.1 Å². The van der Waals surface area contributed by atoms with Crippen LogP contribution in [0, 0.1) is 0 Å². The molecule has 0 aromatic heterocycles. The number of carbonyl (C=O) groups is 2. The minimum absolute atomic E-state index is 0. The Morgan fingerprint density at radius 3 is 1.35 bits per heavy atom. The Kier molecular flexibility index (Phi) is 27.4. The summed E-state index contributed by atoms with van der Waals surface area (Å²) >= 11 is 0. The third-order valence-electron chi connectivity index (χ3n) is 7.08. The van der Waals surface area contributed by atoms with E-state index in [9.17, 15) is 18.0 Å². The molecule has 0 saturated carbocycles. The van der Waals surface area contributed by atoms with E-state index in [2.05, 4.69) is 13.8 Å². The Morgan fingerprint density at radius 2 is 0.950 bits per heavy atom. The predicted octanol–water partition coefficient (Wildman–Crippen LogP) is 6.51. The van der Waals surface area contributed by atoms with Gasteiger partial charge >= 0.3 is 63.3 Å². The van der Waals surface area contributed by atoms with Crippen LogP contribution in [0.25, 0.3) is 0 Å². The van der Waals surface area contributed by atoms with Gasteiger partial charge in [0.15, 0.2) is 0 Å². The molecule has 0 heterocycles. The van der Waals surface area contributed by atoms with Crippen molar-refractivity contribution in [1.29, 1.82) is 0 Å². The molecule has 8 heteroatoms. The monoisotopic (exact) mass is 604 g/mol. The van der Waals surface area contributed by atoms with Crippen LogP contribution in [0.2, 0.25) is 0 Å². The van der Waals surface area contributed by atoms with Gasteiger partial charge in [-0.2, -0.15) is 0 Å². The van der Waals surface area contributed by atoms with Crippen molar-refractivity contribution in [2.75, 3.05) is 13.2 Å². The Morgan fingerprint density at radius 1 is 0.575 bits per heavy atom. The standard InChI is InChI=1S/C32H53O6S.K/c1-3-5-7-9-11-13-15-17-19-21-25-37-31(33)28-23-24-29(30(27-28)39(35)36)32(34)38-26-22-20-18-16-14-12-10-8-6-4-2;/h23-24,27H,3-22,25-26H2,1-2H3;/q-1;+1. The van der Waals surface area contributed by atoms with Crippen molar-refractivity contribution in [2.24, 2.45) is 0 Å². The van der Waals surface area contributed by atoms with Gasteiger partial charge in [0.25, 0.3) is 0 Å². The smallest absolute Gasteiger partial charge is 0.462 e. The molecule has 0 atom stereocenters.